The molecule has 0 atom stereocenters. The van der Waals surface area contributed by atoms with Gasteiger partial charge in [0.25, 0.3) is 0 Å². The van der Waals surface area contributed by atoms with Gasteiger partial charge in [0.05, 0.1) is 4.75 Å². The topological polar surface area (TPSA) is 41.9 Å². The lowest BCUT2D eigenvalue weighted by atomic mass is 9.88. The second-order valence-corrected chi connectivity index (χ2v) is 8.48. The number of nitrogens with zero attached hydrogens (tertiary/aromatic N) is 2. The summed E-state index contributed by atoms with van der Waals surface area (Å²) in [6.45, 7) is 9.64. The quantitative estimate of drug-likeness (QED) is 0.574. The lowest BCUT2D eigenvalue weighted by Crippen LogP contribution is -2.41. The maximum absolute atomic E-state index is 12.0. The van der Waals surface area contributed by atoms with Crippen molar-refractivity contribution < 1.29 is 9.53 Å². The number of aliphatic imine (C=N–C) groups is 1. The highest BCUT2D eigenvalue weighted by molar-refractivity contribution is 8.24. The van der Waals surface area contributed by atoms with Crippen LogP contribution >= 0.6 is 24.0 Å². The third-order valence-corrected chi connectivity index (χ3v) is 6.34. The van der Waals surface area contributed by atoms with Crippen LogP contribution in [0.4, 0.5) is 0 Å². The molecule has 1 aliphatic heterocycles. The standard InChI is InChI=1S/C16H26N2O2S2/c1-5-18(6-2)14(21)22-16(10-8-7-9-11-16)12-17-15(3,4)13(19)20-12/h5-11H2,1-4H3. The Morgan fingerprint density at radius 2 is 1.86 bits per heavy atom. The highest BCUT2D eigenvalue weighted by Gasteiger charge is 2.48. The maximum atomic E-state index is 12.0. The van der Waals surface area contributed by atoms with Gasteiger partial charge in [-0.25, -0.2) is 9.79 Å². The molecule has 1 saturated carbocycles. The molecule has 0 spiro atoms. The Morgan fingerprint density at radius 3 is 2.32 bits per heavy atom. The predicted octanol–water partition coefficient (Wildman–Crippen LogP) is 3.78. The number of hydrogen-bond donors (Lipinski definition) is 0. The molecule has 0 radical (unpaired) electrons. The summed E-state index contributed by atoms with van der Waals surface area (Å²) < 4.78 is 6.20. The molecule has 0 aromatic heterocycles. The molecule has 2 rings (SSSR count). The van der Waals surface area contributed by atoms with Crippen LogP contribution in [0.3, 0.4) is 0 Å². The molecule has 0 aromatic rings. The summed E-state index contributed by atoms with van der Waals surface area (Å²) in [5, 5.41) is 0. The van der Waals surface area contributed by atoms with Crippen LogP contribution in [0.15, 0.2) is 4.99 Å². The monoisotopic (exact) mass is 342 g/mol. The van der Waals surface area contributed by atoms with E-state index in [4.69, 9.17) is 17.0 Å². The first-order chi connectivity index (χ1) is 10.3. The minimum atomic E-state index is -0.767. The van der Waals surface area contributed by atoms with Crippen molar-refractivity contribution in [1.82, 2.24) is 4.90 Å². The zero-order valence-electron chi connectivity index (χ0n) is 14.0. The summed E-state index contributed by atoms with van der Waals surface area (Å²) in [6, 6.07) is 0. The average Bonchev–Trinajstić information content (AvgIpc) is 2.76. The van der Waals surface area contributed by atoms with E-state index in [0.29, 0.717) is 5.90 Å². The zero-order chi connectivity index (χ0) is 16.4. The summed E-state index contributed by atoms with van der Waals surface area (Å²) in [7, 11) is 0. The van der Waals surface area contributed by atoms with E-state index in [-0.39, 0.29) is 10.7 Å². The molecule has 124 valence electrons. The summed E-state index contributed by atoms with van der Waals surface area (Å²) >= 11 is 7.32. The highest BCUT2D eigenvalue weighted by atomic mass is 32.2. The fourth-order valence-corrected chi connectivity index (χ4v) is 5.05. The van der Waals surface area contributed by atoms with Gasteiger partial charge in [-0.1, -0.05) is 43.2 Å². The Kier molecular flexibility index (Phi) is 5.54. The first kappa shape index (κ1) is 17.7. The van der Waals surface area contributed by atoms with Crippen LogP contribution in [0.25, 0.3) is 0 Å². The van der Waals surface area contributed by atoms with Crippen LogP contribution in [0.1, 0.15) is 59.8 Å². The fourth-order valence-electron chi connectivity index (χ4n) is 2.93. The van der Waals surface area contributed by atoms with E-state index < -0.39 is 5.54 Å². The van der Waals surface area contributed by atoms with E-state index in [1.165, 1.54) is 6.42 Å². The van der Waals surface area contributed by atoms with Crippen molar-refractivity contribution in [2.45, 2.75) is 70.1 Å². The smallest absolute Gasteiger partial charge is 0.340 e. The molecule has 0 amide bonds. The molecule has 1 fully saturated rings. The molecule has 1 heterocycles. The predicted molar refractivity (Wildman–Crippen MR) is 96.5 cm³/mol. The number of esters is 1. The minimum Gasteiger partial charge on any atom is -0.409 e. The van der Waals surface area contributed by atoms with Gasteiger partial charge in [-0.15, -0.1) is 0 Å². The van der Waals surface area contributed by atoms with Crippen LogP contribution in [-0.4, -0.2) is 44.5 Å². The van der Waals surface area contributed by atoms with Crippen molar-refractivity contribution >= 4 is 40.2 Å². The Bertz CT molecular complexity index is 479. The molecule has 0 aromatic carbocycles. The second kappa shape index (κ2) is 6.87. The molecular weight excluding hydrogens is 316 g/mol. The molecular formula is C16H26N2O2S2. The third-order valence-electron chi connectivity index (χ3n) is 4.43. The molecule has 0 N–H and O–H groups in total. The van der Waals surface area contributed by atoms with Crippen molar-refractivity contribution in [1.29, 1.82) is 0 Å². The highest BCUT2D eigenvalue weighted by Crippen LogP contribution is 2.45. The Balaban J connectivity index is 2.26. The van der Waals surface area contributed by atoms with E-state index in [1.54, 1.807) is 11.8 Å². The normalized spacial score (nSPS) is 22.9. The number of thioether (sulfide) groups is 1. The van der Waals surface area contributed by atoms with E-state index in [0.717, 1.165) is 43.1 Å². The Hall–Kier alpha value is -0.620. The van der Waals surface area contributed by atoms with Gasteiger partial charge in [-0.2, -0.15) is 0 Å². The molecule has 4 nitrogen and oxygen atoms in total. The van der Waals surface area contributed by atoms with Gasteiger partial charge in [-0.05, 0) is 40.5 Å². The van der Waals surface area contributed by atoms with Crippen molar-refractivity contribution in [3.63, 3.8) is 0 Å². The van der Waals surface area contributed by atoms with Crippen LogP contribution in [0, 0.1) is 0 Å². The first-order valence-corrected chi connectivity index (χ1v) is 9.37. The lowest BCUT2D eigenvalue weighted by Gasteiger charge is -2.37. The average molecular weight is 343 g/mol. The van der Waals surface area contributed by atoms with Crippen molar-refractivity contribution in [3.05, 3.63) is 0 Å². The third kappa shape index (κ3) is 3.48. The molecule has 0 saturated heterocycles. The van der Waals surface area contributed by atoms with E-state index in [2.05, 4.69) is 23.7 Å². The van der Waals surface area contributed by atoms with Gasteiger partial charge in [0.15, 0.2) is 5.54 Å². The SMILES string of the molecule is CCN(CC)C(=S)SC1(C2=NC(C)(C)C(=O)O2)CCCCC1. The molecule has 2 aliphatic rings. The van der Waals surface area contributed by atoms with Crippen LogP contribution in [0.2, 0.25) is 0 Å². The van der Waals surface area contributed by atoms with E-state index >= 15 is 0 Å². The van der Waals surface area contributed by atoms with Gasteiger partial charge in [-0.3, -0.25) is 0 Å². The zero-order valence-corrected chi connectivity index (χ0v) is 15.6. The number of ether oxygens (including phenoxy) is 1. The summed E-state index contributed by atoms with van der Waals surface area (Å²) in [4.78, 5) is 18.8. The molecule has 0 unspecified atom stereocenters. The Labute approximate surface area is 143 Å². The summed E-state index contributed by atoms with van der Waals surface area (Å²) in [5.74, 6) is 0.350. The number of rotatable bonds is 4. The first-order valence-electron chi connectivity index (χ1n) is 8.15. The molecule has 22 heavy (non-hydrogen) atoms. The van der Waals surface area contributed by atoms with Crippen LogP contribution in [0.5, 0.6) is 0 Å². The lowest BCUT2D eigenvalue weighted by molar-refractivity contribution is -0.138. The van der Waals surface area contributed by atoms with Gasteiger partial charge in [0.1, 0.15) is 4.32 Å². The number of cyclic esters (lactones) is 1. The van der Waals surface area contributed by atoms with Crippen LogP contribution in [-0.2, 0) is 9.53 Å². The van der Waals surface area contributed by atoms with Gasteiger partial charge >= 0.3 is 5.97 Å². The van der Waals surface area contributed by atoms with Crippen molar-refractivity contribution in [2.75, 3.05) is 13.1 Å². The minimum absolute atomic E-state index is 0.248. The number of hydrogen-bond acceptors (Lipinski definition) is 5. The summed E-state index contributed by atoms with van der Waals surface area (Å²) in [6.07, 6.45) is 5.43. The maximum Gasteiger partial charge on any atom is 0.340 e. The van der Waals surface area contributed by atoms with E-state index in [1.807, 2.05) is 13.8 Å². The van der Waals surface area contributed by atoms with Gasteiger partial charge < -0.3 is 9.64 Å². The van der Waals surface area contributed by atoms with Crippen molar-refractivity contribution in [3.8, 4) is 0 Å². The fraction of sp³-hybridized carbons (Fsp3) is 0.812. The largest absolute Gasteiger partial charge is 0.409 e. The number of carbonyl (C=O) groups excluding carboxylic acids is 1. The Morgan fingerprint density at radius 1 is 1.27 bits per heavy atom. The van der Waals surface area contributed by atoms with Gasteiger partial charge in [0, 0.05) is 13.1 Å². The van der Waals surface area contributed by atoms with Crippen molar-refractivity contribution in [2.24, 2.45) is 4.99 Å². The molecule has 6 heteroatoms. The number of thiocarbonyl (C=S) groups is 1. The van der Waals surface area contributed by atoms with E-state index in [9.17, 15) is 4.79 Å². The second-order valence-electron chi connectivity index (χ2n) is 6.46. The van der Waals surface area contributed by atoms with Gasteiger partial charge in [0.2, 0.25) is 5.90 Å². The van der Waals surface area contributed by atoms with Crippen LogP contribution < -0.4 is 0 Å². The number of carbonyl (C=O) groups is 1. The molecule has 0 bridgehead atoms. The summed E-state index contributed by atoms with van der Waals surface area (Å²) in [5.41, 5.74) is -0.767. The molecule has 1 aliphatic carbocycles.